The third-order valence-electron chi connectivity index (χ3n) is 6.91. The first-order valence-electron chi connectivity index (χ1n) is 12.4. The molecule has 0 spiro atoms. The number of amides is 1. The van der Waals surface area contributed by atoms with E-state index in [1.165, 1.54) is 5.56 Å². The van der Waals surface area contributed by atoms with Gasteiger partial charge in [0.05, 0.1) is 16.8 Å². The Morgan fingerprint density at radius 2 is 1.83 bits per heavy atom. The fraction of sp³-hybridized carbons (Fsp3) is 0.444. The Bertz CT molecular complexity index is 1290. The number of hydrogen-bond donors (Lipinski definition) is 3. The van der Waals surface area contributed by atoms with Crippen molar-refractivity contribution in [1.82, 2.24) is 14.6 Å². The summed E-state index contributed by atoms with van der Waals surface area (Å²) in [5.41, 5.74) is 11.3. The highest BCUT2D eigenvalue weighted by Gasteiger charge is 2.29. The van der Waals surface area contributed by atoms with Crippen LogP contribution < -0.4 is 11.1 Å². The van der Waals surface area contributed by atoms with Crippen molar-refractivity contribution >= 4 is 26.8 Å². The minimum atomic E-state index is -3.17. The summed E-state index contributed by atoms with van der Waals surface area (Å²) < 4.78 is 26.1. The molecule has 1 aliphatic heterocycles. The summed E-state index contributed by atoms with van der Waals surface area (Å²) in [7, 11) is -3.17. The van der Waals surface area contributed by atoms with Crippen LogP contribution in [0.15, 0.2) is 42.6 Å². The molecule has 2 aromatic carbocycles. The molecular formula is C27H36N4O3S. The van der Waals surface area contributed by atoms with Gasteiger partial charge in [0.2, 0.25) is 10.0 Å². The Kier molecular flexibility index (Phi) is 7.64. The van der Waals surface area contributed by atoms with E-state index in [0.29, 0.717) is 24.6 Å². The van der Waals surface area contributed by atoms with Crippen molar-refractivity contribution in [3.63, 3.8) is 0 Å². The Morgan fingerprint density at radius 3 is 2.43 bits per heavy atom. The van der Waals surface area contributed by atoms with Gasteiger partial charge in [-0.25, -0.2) is 12.7 Å². The number of H-pyrrole nitrogens is 1. The lowest BCUT2D eigenvalue weighted by Gasteiger charge is -2.31. The molecule has 4 N–H and O–H groups in total. The van der Waals surface area contributed by atoms with E-state index in [1.807, 2.05) is 12.3 Å². The zero-order valence-corrected chi connectivity index (χ0v) is 21.6. The highest BCUT2D eigenvalue weighted by atomic mass is 32.2. The zero-order chi connectivity index (χ0) is 25.2. The number of fused-ring (bicyclic) bond motifs is 1. The molecule has 35 heavy (non-hydrogen) atoms. The predicted molar refractivity (Wildman–Crippen MR) is 142 cm³/mol. The van der Waals surface area contributed by atoms with Crippen LogP contribution >= 0.6 is 0 Å². The summed E-state index contributed by atoms with van der Waals surface area (Å²) in [6.45, 7) is 8.88. The number of nitrogens with one attached hydrogen (secondary N) is 2. The van der Waals surface area contributed by atoms with Crippen molar-refractivity contribution in [2.45, 2.75) is 46.1 Å². The van der Waals surface area contributed by atoms with Crippen molar-refractivity contribution in [2.24, 2.45) is 11.7 Å². The van der Waals surface area contributed by atoms with Crippen LogP contribution in [0.4, 0.5) is 0 Å². The standard InChI is InChI=1S/C27H36N4O3S/c1-4-35(33,34)31-11-9-21(10-12-31)25-17-30-26-23(25)13-22(14-24(26)27(28)32)20-7-5-19(6-8-20)16-29-15-18(2)3/h5-8,13-14,17-18,21,29-30H,4,9-12,15-16H2,1-3H3,(H2,28,32). The van der Waals surface area contributed by atoms with Gasteiger partial charge in [-0.05, 0) is 72.5 Å². The number of aromatic amines is 1. The Balaban J connectivity index is 1.62. The number of carbonyl (C=O) groups is 1. The van der Waals surface area contributed by atoms with Gasteiger partial charge < -0.3 is 16.0 Å². The van der Waals surface area contributed by atoms with E-state index in [4.69, 9.17) is 5.73 Å². The topological polar surface area (TPSA) is 108 Å². The van der Waals surface area contributed by atoms with Gasteiger partial charge >= 0.3 is 0 Å². The highest BCUT2D eigenvalue weighted by Crippen LogP contribution is 2.37. The first kappa shape index (κ1) is 25.4. The van der Waals surface area contributed by atoms with Crippen LogP contribution in [0.25, 0.3) is 22.0 Å². The summed E-state index contributed by atoms with van der Waals surface area (Å²) >= 11 is 0. The van der Waals surface area contributed by atoms with Crippen molar-refractivity contribution in [2.75, 3.05) is 25.4 Å². The molecule has 0 radical (unpaired) electrons. The first-order chi connectivity index (χ1) is 16.7. The number of nitrogens with two attached hydrogens (primary N) is 1. The molecule has 7 nitrogen and oxygen atoms in total. The molecule has 8 heteroatoms. The highest BCUT2D eigenvalue weighted by molar-refractivity contribution is 7.89. The first-order valence-corrected chi connectivity index (χ1v) is 14.0. The smallest absolute Gasteiger partial charge is 0.250 e. The molecule has 4 rings (SSSR count). The maximum Gasteiger partial charge on any atom is 0.250 e. The summed E-state index contributed by atoms with van der Waals surface area (Å²) in [6.07, 6.45) is 3.46. The van der Waals surface area contributed by atoms with Crippen molar-refractivity contribution in [3.8, 4) is 11.1 Å². The molecule has 0 aliphatic carbocycles. The number of hydrogen-bond acceptors (Lipinski definition) is 4. The number of carbonyl (C=O) groups excluding carboxylic acids is 1. The maximum atomic E-state index is 12.3. The lowest BCUT2D eigenvalue weighted by Crippen LogP contribution is -2.38. The normalized spacial score (nSPS) is 15.8. The fourth-order valence-electron chi connectivity index (χ4n) is 4.90. The Morgan fingerprint density at radius 1 is 1.14 bits per heavy atom. The molecule has 188 valence electrons. The van der Waals surface area contributed by atoms with E-state index < -0.39 is 15.9 Å². The molecule has 1 saturated heterocycles. The SMILES string of the molecule is CCS(=O)(=O)N1CCC(c2c[nH]c3c(C(N)=O)cc(-c4ccc(CNCC(C)C)cc4)cc23)CC1. The molecule has 0 unspecified atom stereocenters. The van der Waals surface area contributed by atoms with Crippen LogP contribution in [0.3, 0.4) is 0 Å². The second kappa shape index (κ2) is 10.5. The van der Waals surface area contributed by atoms with E-state index in [0.717, 1.165) is 53.5 Å². The molecule has 3 aromatic rings. The van der Waals surface area contributed by atoms with Crippen molar-refractivity contribution < 1.29 is 13.2 Å². The lowest BCUT2D eigenvalue weighted by atomic mass is 9.88. The lowest BCUT2D eigenvalue weighted by molar-refractivity contribution is 0.100. The maximum absolute atomic E-state index is 12.3. The third-order valence-corrected chi connectivity index (χ3v) is 8.79. The third kappa shape index (κ3) is 5.60. The Labute approximate surface area is 208 Å². The van der Waals surface area contributed by atoms with Gasteiger partial charge in [0, 0.05) is 31.2 Å². The largest absolute Gasteiger partial charge is 0.366 e. The van der Waals surface area contributed by atoms with Gasteiger partial charge in [-0.15, -0.1) is 0 Å². The van der Waals surface area contributed by atoms with Crippen LogP contribution in [0, 0.1) is 5.92 Å². The Hall–Kier alpha value is -2.68. The molecular weight excluding hydrogens is 460 g/mol. The van der Waals surface area contributed by atoms with Crippen LogP contribution in [-0.2, 0) is 16.6 Å². The number of primary amides is 1. The van der Waals surface area contributed by atoms with Gasteiger partial charge in [0.25, 0.3) is 5.91 Å². The molecule has 0 saturated carbocycles. The minimum Gasteiger partial charge on any atom is -0.366 e. The second-order valence-electron chi connectivity index (χ2n) is 9.85. The van der Waals surface area contributed by atoms with Crippen molar-refractivity contribution in [3.05, 3.63) is 59.3 Å². The summed E-state index contributed by atoms with van der Waals surface area (Å²) in [5.74, 6) is 0.482. The number of benzene rings is 2. The van der Waals surface area contributed by atoms with E-state index in [2.05, 4.69) is 54.5 Å². The second-order valence-corrected chi connectivity index (χ2v) is 12.1. The average Bonchev–Trinajstić information content (AvgIpc) is 3.27. The molecule has 1 aromatic heterocycles. The monoisotopic (exact) mass is 496 g/mol. The van der Waals surface area contributed by atoms with E-state index in [1.54, 1.807) is 11.2 Å². The summed E-state index contributed by atoms with van der Waals surface area (Å²) in [5, 5.41) is 4.44. The summed E-state index contributed by atoms with van der Waals surface area (Å²) in [4.78, 5) is 15.6. The summed E-state index contributed by atoms with van der Waals surface area (Å²) in [6, 6.07) is 12.4. The zero-order valence-electron chi connectivity index (χ0n) is 20.8. The van der Waals surface area contributed by atoms with Crippen molar-refractivity contribution in [1.29, 1.82) is 0 Å². The molecule has 1 aliphatic rings. The van der Waals surface area contributed by atoms with Gasteiger partial charge in [-0.1, -0.05) is 38.1 Å². The fourth-order valence-corrected chi connectivity index (χ4v) is 6.03. The van der Waals surface area contributed by atoms with Gasteiger partial charge in [0.15, 0.2) is 0 Å². The number of piperidine rings is 1. The minimum absolute atomic E-state index is 0.128. The molecule has 0 atom stereocenters. The van der Waals surface area contributed by atoms with Gasteiger partial charge in [-0.2, -0.15) is 0 Å². The van der Waals surface area contributed by atoms with Crippen LogP contribution in [-0.4, -0.2) is 49.0 Å². The molecule has 1 fully saturated rings. The van der Waals surface area contributed by atoms with E-state index >= 15 is 0 Å². The number of aromatic nitrogens is 1. The predicted octanol–water partition coefficient (Wildman–Crippen LogP) is 4.21. The van der Waals surface area contributed by atoms with Gasteiger partial charge in [0.1, 0.15) is 0 Å². The van der Waals surface area contributed by atoms with Crippen LogP contribution in [0.2, 0.25) is 0 Å². The molecule has 2 heterocycles. The van der Waals surface area contributed by atoms with Crippen LogP contribution in [0.1, 0.15) is 61.0 Å². The number of nitrogens with zero attached hydrogens (tertiary/aromatic N) is 1. The molecule has 1 amide bonds. The van der Waals surface area contributed by atoms with E-state index in [-0.39, 0.29) is 11.7 Å². The molecule has 0 bridgehead atoms. The average molecular weight is 497 g/mol. The van der Waals surface area contributed by atoms with Gasteiger partial charge in [-0.3, -0.25) is 4.79 Å². The quantitative estimate of drug-likeness (QED) is 0.412. The number of rotatable bonds is 9. The van der Waals surface area contributed by atoms with E-state index in [9.17, 15) is 13.2 Å². The number of sulfonamides is 1. The van der Waals surface area contributed by atoms with Crippen LogP contribution in [0.5, 0.6) is 0 Å².